The van der Waals surface area contributed by atoms with Crippen molar-refractivity contribution in [1.82, 2.24) is 5.32 Å². The number of carbonyl (C=O) groups is 2. The zero-order chi connectivity index (χ0) is 21.1. The molecule has 0 saturated heterocycles. The molecule has 1 aromatic carbocycles. The van der Waals surface area contributed by atoms with E-state index in [-0.39, 0.29) is 17.5 Å². The number of aliphatic carboxylic acids is 1. The molecule has 156 valence electrons. The second-order valence-corrected chi connectivity index (χ2v) is 7.86. The summed E-state index contributed by atoms with van der Waals surface area (Å²) in [5, 5.41) is 12.8. The Morgan fingerprint density at radius 2 is 1.90 bits per heavy atom. The van der Waals surface area contributed by atoms with Crippen LogP contribution in [0.4, 0.5) is 0 Å². The van der Waals surface area contributed by atoms with Gasteiger partial charge in [0.2, 0.25) is 0 Å². The van der Waals surface area contributed by atoms with Crippen LogP contribution in [0, 0.1) is 25.7 Å². The molecule has 1 atom stereocenters. The van der Waals surface area contributed by atoms with Crippen LogP contribution in [-0.2, 0) is 9.59 Å². The molecule has 0 aliphatic heterocycles. The summed E-state index contributed by atoms with van der Waals surface area (Å²) in [6.07, 6.45) is 2.21. The van der Waals surface area contributed by atoms with Crippen molar-refractivity contribution in [1.29, 1.82) is 0 Å². The molecule has 0 bridgehead atoms. The van der Waals surface area contributed by atoms with E-state index in [1.54, 1.807) is 26.0 Å². The maximum atomic E-state index is 12.4. The molecule has 1 amide bonds. The van der Waals surface area contributed by atoms with Crippen molar-refractivity contribution in [3.8, 4) is 5.75 Å². The first-order valence-corrected chi connectivity index (χ1v) is 9.97. The SMILES string of the molecule is Cc1c(C)c2ccc(O[C@H](C)C(=O)NCC3CCC(C(=O)O)CC3)cc2oc1=O. The number of hydrogen-bond acceptors (Lipinski definition) is 5. The van der Waals surface area contributed by atoms with E-state index < -0.39 is 12.1 Å². The first kappa shape index (κ1) is 20.9. The highest BCUT2D eigenvalue weighted by molar-refractivity contribution is 5.83. The fourth-order valence-electron chi connectivity index (χ4n) is 3.76. The summed E-state index contributed by atoms with van der Waals surface area (Å²) in [7, 11) is 0. The van der Waals surface area contributed by atoms with Gasteiger partial charge in [-0.15, -0.1) is 0 Å². The number of ether oxygens (including phenoxy) is 1. The van der Waals surface area contributed by atoms with E-state index in [1.165, 1.54) is 0 Å². The van der Waals surface area contributed by atoms with E-state index in [9.17, 15) is 14.4 Å². The van der Waals surface area contributed by atoms with E-state index >= 15 is 0 Å². The molecule has 7 nitrogen and oxygen atoms in total. The van der Waals surface area contributed by atoms with E-state index in [1.807, 2.05) is 13.0 Å². The predicted molar refractivity (Wildman–Crippen MR) is 108 cm³/mol. The standard InChI is InChI=1S/C22H27NO6/c1-12-13(2)22(27)29-19-10-17(8-9-18(12)19)28-14(3)20(24)23-11-15-4-6-16(7-5-15)21(25)26/h8-10,14-16H,4-7,11H2,1-3H3,(H,23,24)(H,25,26)/t14-,15?,16?/m1/s1. The van der Waals surface area contributed by atoms with Crippen molar-refractivity contribution in [2.75, 3.05) is 6.54 Å². The van der Waals surface area contributed by atoms with Crippen LogP contribution in [0.1, 0.15) is 43.7 Å². The third-order valence-electron chi connectivity index (χ3n) is 5.87. The fourth-order valence-corrected chi connectivity index (χ4v) is 3.76. The molecule has 3 rings (SSSR count). The molecule has 1 heterocycles. The van der Waals surface area contributed by atoms with Crippen LogP contribution >= 0.6 is 0 Å². The van der Waals surface area contributed by atoms with Crippen molar-refractivity contribution < 1.29 is 23.8 Å². The van der Waals surface area contributed by atoms with Crippen molar-refractivity contribution >= 4 is 22.8 Å². The number of carboxylic acids is 1. The Kier molecular flexibility index (Phi) is 6.25. The molecule has 1 aromatic heterocycles. The Balaban J connectivity index is 1.56. The fraction of sp³-hybridized carbons (Fsp3) is 0.500. The van der Waals surface area contributed by atoms with E-state index in [2.05, 4.69) is 5.32 Å². The number of fused-ring (bicyclic) bond motifs is 1. The maximum absolute atomic E-state index is 12.4. The number of nitrogens with one attached hydrogen (secondary N) is 1. The number of amides is 1. The average molecular weight is 401 g/mol. The zero-order valence-electron chi connectivity index (χ0n) is 17.0. The zero-order valence-corrected chi connectivity index (χ0v) is 17.0. The quantitative estimate of drug-likeness (QED) is 0.720. The van der Waals surface area contributed by atoms with E-state index in [0.717, 1.165) is 23.8 Å². The number of hydrogen-bond donors (Lipinski definition) is 2. The van der Waals surface area contributed by atoms with Gasteiger partial charge in [0.15, 0.2) is 6.10 Å². The minimum Gasteiger partial charge on any atom is -0.481 e. The first-order valence-electron chi connectivity index (χ1n) is 9.97. The highest BCUT2D eigenvalue weighted by Crippen LogP contribution is 2.28. The van der Waals surface area contributed by atoms with Gasteiger partial charge < -0.3 is 19.6 Å². The lowest BCUT2D eigenvalue weighted by Crippen LogP contribution is -2.39. The van der Waals surface area contributed by atoms with Gasteiger partial charge >= 0.3 is 11.6 Å². The molecule has 7 heteroatoms. The molecule has 1 aliphatic rings. The minimum atomic E-state index is -0.730. The summed E-state index contributed by atoms with van der Waals surface area (Å²) in [6.45, 7) is 5.78. The molecule has 29 heavy (non-hydrogen) atoms. The van der Waals surface area contributed by atoms with Crippen molar-refractivity contribution in [3.05, 3.63) is 39.7 Å². The summed E-state index contributed by atoms with van der Waals surface area (Å²) in [5.41, 5.74) is 1.50. The third kappa shape index (κ3) is 4.78. The maximum Gasteiger partial charge on any atom is 0.339 e. The van der Waals surface area contributed by atoms with Crippen LogP contribution in [0.15, 0.2) is 27.4 Å². The number of carboxylic acid groups (broad SMARTS) is 1. The summed E-state index contributed by atoms with van der Waals surface area (Å²) in [4.78, 5) is 35.3. The van der Waals surface area contributed by atoms with Crippen molar-refractivity contribution in [2.45, 2.75) is 52.6 Å². The smallest absolute Gasteiger partial charge is 0.339 e. The highest BCUT2D eigenvalue weighted by Gasteiger charge is 2.26. The number of carbonyl (C=O) groups excluding carboxylic acids is 1. The van der Waals surface area contributed by atoms with Gasteiger partial charge in [-0.3, -0.25) is 9.59 Å². The molecule has 0 radical (unpaired) electrons. The summed E-state index contributed by atoms with van der Waals surface area (Å²) < 4.78 is 11.1. The van der Waals surface area contributed by atoms with Gasteiger partial charge in [0, 0.05) is 23.6 Å². The minimum absolute atomic E-state index is 0.230. The molecule has 2 aromatic rings. The Hall–Kier alpha value is -2.83. The van der Waals surface area contributed by atoms with E-state index in [0.29, 0.717) is 42.2 Å². The number of benzene rings is 1. The normalized spacial score (nSPS) is 20.2. The molecule has 0 unspecified atom stereocenters. The topological polar surface area (TPSA) is 106 Å². The molecule has 1 fully saturated rings. The average Bonchev–Trinajstić information content (AvgIpc) is 2.70. The van der Waals surface area contributed by atoms with Gasteiger partial charge in [-0.05, 0) is 70.1 Å². The van der Waals surface area contributed by atoms with Gasteiger partial charge in [0.05, 0.1) is 5.92 Å². The van der Waals surface area contributed by atoms with Crippen LogP contribution in [0.5, 0.6) is 5.75 Å². The second kappa shape index (κ2) is 8.68. The third-order valence-corrected chi connectivity index (χ3v) is 5.87. The molecule has 0 spiro atoms. The van der Waals surface area contributed by atoms with Gasteiger partial charge in [-0.2, -0.15) is 0 Å². The summed E-state index contributed by atoms with van der Waals surface area (Å²) in [6, 6.07) is 5.20. The Bertz CT molecular complexity index is 971. The first-order chi connectivity index (χ1) is 13.8. The second-order valence-electron chi connectivity index (χ2n) is 7.86. The number of rotatable bonds is 6. The lowest BCUT2D eigenvalue weighted by atomic mass is 9.82. The van der Waals surface area contributed by atoms with Crippen molar-refractivity contribution in [3.63, 3.8) is 0 Å². The summed E-state index contributed by atoms with van der Waals surface area (Å²) in [5.74, 6) is -0.473. The largest absolute Gasteiger partial charge is 0.481 e. The Morgan fingerprint density at radius 1 is 1.21 bits per heavy atom. The van der Waals surface area contributed by atoms with Gasteiger partial charge in [0.1, 0.15) is 11.3 Å². The molecule has 1 aliphatic carbocycles. The van der Waals surface area contributed by atoms with Crippen LogP contribution in [-0.4, -0.2) is 29.6 Å². The van der Waals surface area contributed by atoms with Gasteiger partial charge in [-0.25, -0.2) is 4.79 Å². The monoisotopic (exact) mass is 401 g/mol. The Labute approximate surface area is 169 Å². The van der Waals surface area contributed by atoms with Crippen LogP contribution in [0.3, 0.4) is 0 Å². The predicted octanol–water partition coefficient (Wildman–Crippen LogP) is 3.18. The molecule has 1 saturated carbocycles. The van der Waals surface area contributed by atoms with Crippen LogP contribution in [0.25, 0.3) is 11.0 Å². The van der Waals surface area contributed by atoms with E-state index in [4.69, 9.17) is 14.3 Å². The lowest BCUT2D eigenvalue weighted by Gasteiger charge is -2.26. The van der Waals surface area contributed by atoms with Crippen molar-refractivity contribution in [2.24, 2.45) is 11.8 Å². The summed E-state index contributed by atoms with van der Waals surface area (Å²) >= 11 is 0. The Morgan fingerprint density at radius 3 is 2.55 bits per heavy atom. The molecular weight excluding hydrogens is 374 g/mol. The highest BCUT2D eigenvalue weighted by atomic mass is 16.5. The van der Waals surface area contributed by atoms with Crippen LogP contribution in [0.2, 0.25) is 0 Å². The van der Waals surface area contributed by atoms with Gasteiger partial charge in [0.25, 0.3) is 5.91 Å². The molecule has 2 N–H and O–H groups in total. The van der Waals surface area contributed by atoms with Gasteiger partial charge in [-0.1, -0.05) is 0 Å². The lowest BCUT2D eigenvalue weighted by molar-refractivity contribution is -0.143. The number of aryl methyl sites for hydroxylation is 1. The molecular formula is C22H27NO6. The van der Waals surface area contributed by atoms with Crippen LogP contribution < -0.4 is 15.7 Å².